The summed E-state index contributed by atoms with van der Waals surface area (Å²) >= 11 is 0. The Hall–Kier alpha value is -3.54. The fraction of sp³-hybridized carbons (Fsp3) is 0.545. The molecule has 1 aliphatic heterocycles. The summed E-state index contributed by atoms with van der Waals surface area (Å²) < 4.78 is 0. The van der Waals surface area contributed by atoms with Crippen molar-refractivity contribution in [3.63, 3.8) is 0 Å². The number of amides is 4. The van der Waals surface area contributed by atoms with E-state index in [1.54, 1.807) is 13.8 Å². The Morgan fingerprint density at radius 1 is 1.06 bits per heavy atom. The molecule has 4 atom stereocenters. The molecule has 0 aromatic heterocycles. The Morgan fingerprint density at radius 2 is 1.68 bits per heavy atom. The number of nitrogens with one attached hydrogen (secondary N) is 3. The molecule has 1 saturated heterocycles. The van der Waals surface area contributed by atoms with E-state index in [1.807, 2.05) is 0 Å². The van der Waals surface area contributed by atoms with Crippen LogP contribution in [0.15, 0.2) is 24.3 Å². The van der Waals surface area contributed by atoms with Crippen molar-refractivity contribution in [3.8, 4) is 0 Å². The molecule has 1 aromatic rings. The minimum Gasteiger partial charge on any atom is -0.343 e. The Bertz CT molecular complexity index is 932. The zero-order valence-corrected chi connectivity index (χ0v) is 19.7. The lowest BCUT2D eigenvalue weighted by Gasteiger charge is -2.29. The van der Waals surface area contributed by atoms with Gasteiger partial charge in [-0.2, -0.15) is 0 Å². The number of rotatable bonds is 9. The number of nitrogens with two attached hydrogens (primary N) is 1. The fourth-order valence-electron chi connectivity index (χ4n) is 3.63. The van der Waals surface area contributed by atoms with Gasteiger partial charge in [0, 0.05) is 24.4 Å². The second kappa shape index (κ2) is 11.5. The molecule has 2 rings (SSSR count). The summed E-state index contributed by atoms with van der Waals surface area (Å²) in [6.07, 6.45) is 1.04. The minimum atomic E-state index is -0.893. The number of likely N-dealkylation sites (tertiary alicyclic amines) is 1. The average molecular weight is 477 g/mol. The lowest BCUT2D eigenvalue weighted by atomic mass is 10.0. The first-order chi connectivity index (χ1) is 15.9. The van der Waals surface area contributed by atoms with E-state index in [0.717, 1.165) is 0 Å². The second-order valence-electron chi connectivity index (χ2n) is 8.73. The van der Waals surface area contributed by atoms with Gasteiger partial charge in [0.25, 0.3) is 5.69 Å². The molecule has 186 valence electrons. The molecule has 5 N–H and O–H groups in total. The highest BCUT2D eigenvalue weighted by Crippen LogP contribution is 2.20. The Kier molecular flexibility index (Phi) is 9.07. The van der Waals surface area contributed by atoms with Crippen LogP contribution in [0, 0.1) is 16.0 Å². The molecule has 12 nitrogen and oxygen atoms in total. The Morgan fingerprint density at radius 3 is 2.21 bits per heavy atom. The van der Waals surface area contributed by atoms with Gasteiger partial charge in [-0.1, -0.05) is 13.8 Å². The average Bonchev–Trinajstić information content (AvgIpc) is 3.26. The van der Waals surface area contributed by atoms with Crippen LogP contribution in [0.4, 0.5) is 11.4 Å². The van der Waals surface area contributed by atoms with Crippen LogP contribution in [-0.4, -0.2) is 64.2 Å². The first-order valence-electron chi connectivity index (χ1n) is 11.1. The molecule has 0 radical (unpaired) electrons. The van der Waals surface area contributed by atoms with Crippen molar-refractivity contribution in [1.29, 1.82) is 0 Å². The van der Waals surface area contributed by atoms with Crippen molar-refractivity contribution in [2.24, 2.45) is 11.7 Å². The van der Waals surface area contributed by atoms with E-state index in [4.69, 9.17) is 5.73 Å². The van der Waals surface area contributed by atoms with E-state index in [2.05, 4.69) is 16.0 Å². The van der Waals surface area contributed by atoms with Crippen LogP contribution < -0.4 is 21.7 Å². The summed E-state index contributed by atoms with van der Waals surface area (Å²) in [5, 5.41) is 18.7. The molecule has 0 aliphatic carbocycles. The van der Waals surface area contributed by atoms with Gasteiger partial charge in [-0.25, -0.2) is 0 Å². The molecule has 12 heteroatoms. The normalized spacial score (nSPS) is 18.1. The van der Waals surface area contributed by atoms with Gasteiger partial charge < -0.3 is 26.6 Å². The first-order valence-corrected chi connectivity index (χ1v) is 11.1. The zero-order chi connectivity index (χ0) is 25.6. The maximum atomic E-state index is 13.0. The molecule has 1 fully saturated rings. The Labute approximate surface area is 197 Å². The number of carbonyl (C=O) groups is 4. The van der Waals surface area contributed by atoms with Crippen LogP contribution in [0.3, 0.4) is 0 Å². The van der Waals surface area contributed by atoms with Crippen molar-refractivity contribution in [2.45, 2.75) is 64.7 Å². The zero-order valence-electron chi connectivity index (χ0n) is 19.7. The van der Waals surface area contributed by atoms with Crippen LogP contribution >= 0.6 is 0 Å². The third-order valence-corrected chi connectivity index (χ3v) is 5.57. The predicted octanol–water partition coefficient (Wildman–Crippen LogP) is 0.517. The van der Waals surface area contributed by atoms with Gasteiger partial charge in [0.2, 0.25) is 23.6 Å². The molecule has 0 unspecified atom stereocenters. The molecule has 0 saturated carbocycles. The number of nitrogens with zero attached hydrogens (tertiary/aromatic N) is 2. The molecule has 1 heterocycles. The van der Waals surface area contributed by atoms with Gasteiger partial charge in [0.15, 0.2) is 0 Å². The van der Waals surface area contributed by atoms with Crippen molar-refractivity contribution in [3.05, 3.63) is 34.4 Å². The van der Waals surface area contributed by atoms with Crippen molar-refractivity contribution >= 4 is 35.0 Å². The summed E-state index contributed by atoms with van der Waals surface area (Å²) in [5.74, 6) is -2.08. The fourth-order valence-corrected chi connectivity index (χ4v) is 3.63. The summed E-state index contributed by atoms with van der Waals surface area (Å²) in [5.41, 5.74) is 5.78. The predicted molar refractivity (Wildman–Crippen MR) is 124 cm³/mol. The smallest absolute Gasteiger partial charge is 0.269 e. The van der Waals surface area contributed by atoms with Crippen LogP contribution in [0.2, 0.25) is 0 Å². The summed E-state index contributed by atoms with van der Waals surface area (Å²) in [7, 11) is 0. The van der Waals surface area contributed by atoms with Gasteiger partial charge in [-0.3, -0.25) is 29.3 Å². The highest BCUT2D eigenvalue weighted by molar-refractivity contribution is 5.99. The largest absolute Gasteiger partial charge is 0.343 e. The van der Waals surface area contributed by atoms with Crippen LogP contribution in [0.25, 0.3) is 0 Å². The summed E-state index contributed by atoms with van der Waals surface area (Å²) in [4.78, 5) is 62.2. The van der Waals surface area contributed by atoms with Crippen LogP contribution in [0.1, 0.15) is 40.5 Å². The van der Waals surface area contributed by atoms with Crippen LogP contribution in [0.5, 0.6) is 0 Å². The lowest BCUT2D eigenvalue weighted by molar-refractivity contribution is -0.384. The SMILES string of the molecule is CC(C)[C@H](NC(=O)[C@@H]1CCCN1C(=O)[C@H](C)NC(=O)[C@H](C)N)C(=O)Nc1ccc([N+](=O)[O-])cc1. The van der Waals surface area contributed by atoms with E-state index < -0.39 is 52.7 Å². The number of nitro benzene ring substituents is 1. The van der Waals surface area contributed by atoms with E-state index in [-0.39, 0.29) is 11.6 Å². The van der Waals surface area contributed by atoms with Gasteiger partial charge in [0.05, 0.1) is 11.0 Å². The lowest BCUT2D eigenvalue weighted by Crippen LogP contribution is -2.56. The summed E-state index contributed by atoms with van der Waals surface area (Å²) in [6.45, 7) is 6.93. The maximum absolute atomic E-state index is 13.0. The Balaban J connectivity index is 2.05. The van der Waals surface area contributed by atoms with Gasteiger partial charge >= 0.3 is 0 Å². The molecule has 4 amide bonds. The van der Waals surface area contributed by atoms with E-state index in [0.29, 0.717) is 25.1 Å². The quantitative estimate of drug-likeness (QED) is 0.296. The third kappa shape index (κ3) is 6.73. The molecular formula is C22H32N6O6. The topological polar surface area (TPSA) is 177 Å². The van der Waals surface area contributed by atoms with Gasteiger partial charge in [0.1, 0.15) is 18.1 Å². The highest BCUT2D eigenvalue weighted by atomic mass is 16.6. The van der Waals surface area contributed by atoms with E-state index in [9.17, 15) is 29.3 Å². The first kappa shape index (κ1) is 26.7. The molecule has 1 aliphatic rings. The maximum Gasteiger partial charge on any atom is 0.269 e. The molecule has 0 spiro atoms. The second-order valence-corrected chi connectivity index (χ2v) is 8.73. The molecular weight excluding hydrogens is 444 g/mol. The summed E-state index contributed by atoms with van der Waals surface area (Å²) in [6, 6.07) is 2.07. The number of hydrogen-bond acceptors (Lipinski definition) is 7. The number of anilines is 1. The van der Waals surface area contributed by atoms with Crippen molar-refractivity contribution in [1.82, 2.24) is 15.5 Å². The number of hydrogen-bond donors (Lipinski definition) is 4. The highest BCUT2D eigenvalue weighted by Gasteiger charge is 2.38. The van der Waals surface area contributed by atoms with Crippen molar-refractivity contribution < 1.29 is 24.1 Å². The standard InChI is InChI=1S/C22H32N6O6/c1-12(2)18(21(31)25-15-7-9-16(10-8-15)28(33)34)26-20(30)17-6-5-11-27(17)22(32)14(4)24-19(29)13(3)23/h7-10,12-14,17-18H,5-6,11,23H2,1-4H3,(H,24,29)(H,25,31)(H,26,30)/t13-,14-,17-,18-/m0/s1. The molecule has 1 aromatic carbocycles. The van der Waals surface area contributed by atoms with Gasteiger partial charge in [-0.15, -0.1) is 0 Å². The van der Waals surface area contributed by atoms with Crippen LogP contribution in [-0.2, 0) is 19.2 Å². The number of carbonyl (C=O) groups excluding carboxylic acids is 4. The van der Waals surface area contributed by atoms with Crippen molar-refractivity contribution in [2.75, 3.05) is 11.9 Å². The number of benzene rings is 1. The van der Waals surface area contributed by atoms with E-state index >= 15 is 0 Å². The van der Waals surface area contributed by atoms with Gasteiger partial charge in [-0.05, 0) is 44.7 Å². The monoisotopic (exact) mass is 476 g/mol. The number of non-ortho nitro benzene ring substituents is 1. The molecule has 0 bridgehead atoms. The third-order valence-electron chi connectivity index (χ3n) is 5.57. The number of nitro groups is 1. The van der Waals surface area contributed by atoms with E-state index in [1.165, 1.54) is 43.0 Å². The molecule has 34 heavy (non-hydrogen) atoms. The minimum absolute atomic E-state index is 0.107.